The van der Waals surface area contributed by atoms with Crippen LogP contribution in [0.25, 0.3) is 0 Å². The molecule has 5 nitrogen and oxygen atoms in total. The Morgan fingerprint density at radius 3 is 2.71 bits per heavy atom. The van der Waals surface area contributed by atoms with Gasteiger partial charge in [0, 0.05) is 31.4 Å². The Kier molecular flexibility index (Phi) is 4.83. The van der Waals surface area contributed by atoms with E-state index in [2.05, 4.69) is 17.6 Å². The monoisotopic (exact) mass is 289 g/mol. The molecule has 0 aliphatic carbocycles. The normalized spacial score (nSPS) is 18.2. The molecule has 0 bridgehead atoms. The maximum atomic E-state index is 12.3. The van der Waals surface area contributed by atoms with Gasteiger partial charge in [-0.1, -0.05) is 13.0 Å². The Bertz CT molecular complexity index is 542. The van der Waals surface area contributed by atoms with Gasteiger partial charge in [-0.25, -0.2) is 4.79 Å². The van der Waals surface area contributed by atoms with Crippen LogP contribution in [0, 0.1) is 12.8 Å². The Morgan fingerprint density at radius 1 is 1.29 bits per heavy atom. The van der Waals surface area contributed by atoms with E-state index in [1.165, 1.54) is 13.3 Å². The summed E-state index contributed by atoms with van der Waals surface area (Å²) in [4.78, 5) is 25.3. The lowest BCUT2D eigenvalue weighted by atomic mass is 10.0. The summed E-state index contributed by atoms with van der Waals surface area (Å²) in [6, 6.07) is 5.47. The molecule has 1 heterocycles. The fourth-order valence-corrected chi connectivity index (χ4v) is 2.60. The first-order valence-electron chi connectivity index (χ1n) is 7.40. The van der Waals surface area contributed by atoms with Crippen molar-refractivity contribution in [1.29, 1.82) is 0 Å². The van der Waals surface area contributed by atoms with Gasteiger partial charge in [0.05, 0.1) is 0 Å². The van der Waals surface area contributed by atoms with Crippen LogP contribution in [0.1, 0.15) is 32.3 Å². The lowest BCUT2D eigenvalue weighted by Gasteiger charge is -2.31. The number of carbonyl (C=O) groups is 2. The molecule has 0 radical (unpaired) electrons. The van der Waals surface area contributed by atoms with Crippen molar-refractivity contribution in [1.82, 2.24) is 4.90 Å². The molecule has 1 aromatic rings. The Balaban J connectivity index is 2.05. The summed E-state index contributed by atoms with van der Waals surface area (Å²) in [5.41, 5.74) is 2.40. The molecule has 0 spiro atoms. The number of hydrogen-bond donors (Lipinski definition) is 2. The summed E-state index contributed by atoms with van der Waals surface area (Å²) >= 11 is 0. The number of rotatable bonds is 2. The minimum atomic E-state index is -0.119. The van der Waals surface area contributed by atoms with Gasteiger partial charge >= 0.3 is 6.03 Å². The van der Waals surface area contributed by atoms with E-state index in [4.69, 9.17) is 0 Å². The predicted octanol–water partition coefficient (Wildman–Crippen LogP) is 3.22. The number of anilines is 2. The number of nitrogens with zero attached hydrogens (tertiary/aromatic N) is 1. The molecule has 114 valence electrons. The number of nitrogens with one attached hydrogen (secondary N) is 2. The lowest BCUT2D eigenvalue weighted by Crippen LogP contribution is -2.41. The maximum absolute atomic E-state index is 12.3. The van der Waals surface area contributed by atoms with Crippen LogP contribution in [0.3, 0.4) is 0 Å². The molecule has 21 heavy (non-hydrogen) atoms. The minimum absolute atomic E-state index is 0.0702. The summed E-state index contributed by atoms with van der Waals surface area (Å²) in [5.74, 6) is 0.434. The van der Waals surface area contributed by atoms with Gasteiger partial charge in [-0.3, -0.25) is 4.79 Å². The molecule has 1 saturated heterocycles. The fourth-order valence-electron chi connectivity index (χ4n) is 2.60. The molecule has 5 heteroatoms. The second kappa shape index (κ2) is 6.61. The summed E-state index contributed by atoms with van der Waals surface area (Å²) < 4.78 is 0. The van der Waals surface area contributed by atoms with Crippen LogP contribution < -0.4 is 10.6 Å². The van der Waals surface area contributed by atoms with E-state index in [-0.39, 0.29) is 11.9 Å². The number of benzene rings is 1. The zero-order valence-corrected chi connectivity index (χ0v) is 12.9. The van der Waals surface area contributed by atoms with Crippen LogP contribution in [0.2, 0.25) is 0 Å². The van der Waals surface area contributed by atoms with Crippen LogP contribution in [0.15, 0.2) is 18.2 Å². The lowest BCUT2D eigenvalue weighted by molar-refractivity contribution is -0.114. The molecule has 1 aromatic carbocycles. The third-order valence-electron chi connectivity index (χ3n) is 3.74. The predicted molar refractivity (Wildman–Crippen MR) is 84.5 cm³/mol. The van der Waals surface area contributed by atoms with Gasteiger partial charge in [-0.15, -0.1) is 0 Å². The SMILES string of the molecule is CC(=O)Nc1cc(NC(=O)N2CCC[C@@H](C)C2)ccc1C. The van der Waals surface area contributed by atoms with E-state index in [1.54, 1.807) is 6.07 Å². The first kappa shape index (κ1) is 15.4. The van der Waals surface area contributed by atoms with Crippen LogP contribution >= 0.6 is 0 Å². The van der Waals surface area contributed by atoms with Gasteiger partial charge in [0.2, 0.25) is 5.91 Å². The largest absolute Gasteiger partial charge is 0.326 e. The first-order valence-corrected chi connectivity index (χ1v) is 7.40. The number of urea groups is 1. The van der Waals surface area contributed by atoms with Crippen molar-refractivity contribution in [3.8, 4) is 0 Å². The van der Waals surface area contributed by atoms with Crippen LogP contribution in [-0.2, 0) is 4.79 Å². The molecule has 0 saturated carbocycles. The number of likely N-dealkylation sites (tertiary alicyclic amines) is 1. The quantitative estimate of drug-likeness (QED) is 0.878. The minimum Gasteiger partial charge on any atom is -0.326 e. The summed E-state index contributed by atoms with van der Waals surface area (Å²) in [6.45, 7) is 7.17. The number of piperidine rings is 1. The van der Waals surface area contributed by atoms with Crippen molar-refractivity contribution in [3.63, 3.8) is 0 Å². The maximum Gasteiger partial charge on any atom is 0.321 e. The van der Waals surface area contributed by atoms with E-state index in [0.717, 1.165) is 30.8 Å². The molecule has 2 rings (SSSR count). The number of carbonyl (C=O) groups excluding carboxylic acids is 2. The zero-order valence-electron chi connectivity index (χ0n) is 12.9. The zero-order chi connectivity index (χ0) is 15.4. The Labute approximate surface area is 125 Å². The summed E-state index contributed by atoms with van der Waals surface area (Å²) in [7, 11) is 0. The van der Waals surface area contributed by atoms with Gasteiger partial charge < -0.3 is 15.5 Å². The summed E-state index contributed by atoms with van der Waals surface area (Å²) in [6.07, 6.45) is 2.24. The molecule has 1 fully saturated rings. The number of hydrogen-bond acceptors (Lipinski definition) is 2. The van der Waals surface area contributed by atoms with E-state index in [1.807, 2.05) is 24.0 Å². The van der Waals surface area contributed by atoms with Crippen LogP contribution in [-0.4, -0.2) is 29.9 Å². The summed E-state index contributed by atoms with van der Waals surface area (Å²) in [5, 5.41) is 5.68. The van der Waals surface area contributed by atoms with Crippen molar-refractivity contribution in [2.75, 3.05) is 23.7 Å². The van der Waals surface area contributed by atoms with Crippen molar-refractivity contribution < 1.29 is 9.59 Å². The van der Waals surface area contributed by atoms with Gasteiger partial charge in [-0.05, 0) is 43.4 Å². The number of amides is 3. The molecule has 3 amide bonds. The Hall–Kier alpha value is -2.04. The van der Waals surface area contributed by atoms with Gasteiger partial charge in [0.25, 0.3) is 0 Å². The second-order valence-corrected chi connectivity index (χ2v) is 5.83. The second-order valence-electron chi connectivity index (χ2n) is 5.83. The molecule has 1 atom stereocenters. The average Bonchev–Trinajstić information content (AvgIpc) is 2.42. The van der Waals surface area contributed by atoms with E-state index < -0.39 is 0 Å². The fraction of sp³-hybridized carbons (Fsp3) is 0.500. The molecular weight excluding hydrogens is 266 g/mol. The van der Waals surface area contributed by atoms with Gasteiger partial charge in [0.1, 0.15) is 0 Å². The molecule has 2 N–H and O–H groups in total. The highest BCUT2D eigenvalue weighted by atomic mass is 16.2. The highest BCUT2D eigenvalue weighted by Crippen LogP contribution is 2.22. The standard InChI is InChI=1S/C16H23N3O2/c1-11-5-4-8-19(10-11)16(21)18-14-7-6-12(2)15(9-14)17-13(3)20/h6-7,9,11H,4-5,8,10H2,1-3H3,(H,17,20)(H,18,21)/t11-/m1/s1. The average molecular weight is 289 g/mol. The number of aryl methyl sites for hydroxylation is 1. The first-order chi connectivity index (χ1) is 9.95. The molecule has 1 aliphatic heterocycles. The van der Waals surface area contributed by atoms with E-state index in [9.17, 15) is 9.59 Å². The highest BCUT2D eigenvalue weighted by molar-refractivity contribution is 5.93. The molecule has 0 aromatic heterocycles. The van der Waals surface area contributed by atoms with Gasteiger partial charge in [-0.2, -0.15) is 0 Å². The Morgan fingerprint density at radius 2 is 2.05 bits per heavy atom. The highest BCUT2D eigenvalue weighted by Gasteiger charge is 2.20. The molecular formula is C16H23N3O2. The van der Waals surface area contributed by atoms with Crippen LogP contribution in [0.5, 0.6) is 0 Å². The van der Waals surface area contributed by atoms with Crippen LogP contribution in [0.4, 0.5) is 16.2 Å². The third-order valence-corrected chi connectivity index (χ3v) is 3.74. The van der Waals surface area contributed by atoms with Crippen molar-refractivity contribution in [2.45, 2.75) is 33.6 Å². The van der Waals surface area contributed by atoms with Crippen molar-refractivity contribution in [2.24, 2.45) is 5.92 Å². The topological polar surface area (TPSA) is 61.4 Å². The smallest absolute Gasteiger partial charge is 0.321 e. The van der Waals surface area contributed by atoms with Gasteiger partial charge in [0.15, 0.2) is 0 Å². The van der Waals surface area contributed by atoms with Crippen molar-refractivity contribution >= 4 is 23.3 Å². The van der Waals surface area contributed by atoms with E-state index in [0.29, 0.717) is 11.6 Å². The molecule has 1 aliphatic rings. The third kappa shape index (κ3) is 4.21. The van der Waals surface area contributed by atoms with Crippen molar-refractivity contribution in [3.05, 3.63) is 23.8 Å². The molecule has 0 unspecified atom stereocenters. The van der Waals surface area contributed by atoms with E-state index >= 15 is 0 Å².